The molecule has 2 rings (SSSR count). The van der Waals surface area contributed by atoms with Gasteiger partial charge < -0.3 is 0 Å². The van der Waals surface area contributed by atoms with Crippen LogP contribution in [-0.2, 0) is 0 Å². The van der Waals surface area contributed by atoms with Crippen molar-refractivity contribution < 1.29 is 0 Å². The lowest BCUT2D eigenvalue weighted by atomic mass is 10.2. The fourth-order valence-electron chi connectivity index (χ4n) is 1.35. The molecule has 0 saturated heterocycles. The minimum atomic E-state index is 1.21. The van der Waals surface area contributed by atoms with Gasteiger partial charge in [-0.15, -0.1) is 23.1 Å². The van der Waals surface area contributed by atoms with Gasteiger partial charge in [0.1, 0.15) is 0 Å². The maximum Gasteiger partial charge on any atom is 0.0365 e. The van der Waals surface area contributed by atoms with E-state index in [2.05, 4.69) is 46.6 Å². The number of thiophene rings is 1. The Balaban J connectivity index is 2.76. The number of aryl methyl sites for hydroxylation is 1. The van der Waals surface area contributed by atoms with E-state index >= 15 is 0 Å². The van der Waals surface area contributed by atoms with Crippen LogP contribution in [-0.4, -0.2) is 6.26 Å². The van der Waals surface area contributed by atoms with Crippen LogP contribution in [0.2, 0.25) is 0 Å². The van der Waals surface area contributed by atoms with E-state index in [9.17, 15) is 0 Å². The molecular formula is C10H9BrS2. The second-order valence-corrected chi connectivity index (χ2v) is 5.52. The molecule has 1 aromatic carbocycles. The summed E-state index contributed by atoms with van der Waals surface area (Å²) in [6, 6.07) is 4.52. The van der Waals surface area contributed by atoms with E-state index in [4.69, 9.17) is 0 Å². The SMILES string of the molecule is CSc1cc2scc(Br)c2cc1C. The first-order valence-corrected chi connectivity index (χ1v) is 6.83. The Morgan fingerprint density at radius 1 is 1.38 bits per heavy atom. The second kappa shape index (κ2) is 3.64. The summed E-state index contributed by atoms with van der Waals surface area (Å²) in [4.78, 5) is 1.38. The molecule has 0 unspecified atom stereocenters. The van der Waals surface area contributed by atoms with Gasteiger partial charge in [0.2, 0.25) is 0 Å². The molecule has 0 aliphatic rings. The largest absolute Gasteiger partial charge is 0.143 e. The van der Waals surface area contributed by atoms with E-state index in [1.165, 1.54) is 25.0 Å². The normalized spacial score (nSPS) is 11.0. The number of fused-ring (bicyclic) bond motifs is 1. The first-order valence-electron chi connectivity index (χ1n) is 3.93. The topological polar surface area (TPSA) is 0 Å². The summed E-state index contributed by atoms with van der Waals surface area (Å²) in [6.07, 6.45) is 2.12. The Morgan fingerprint density at radius 2 is 2.15 bits per heavy atom. The second-order valence-electron chi connectivity index (χ2n) is 2.90. The molecule has 68 valence electrons. The number of hydrogen-bond acceptors (Lipinski definition) is 2. The predicted molar refractivity (Wildman–Crippen MR) is 66.0 cm³/mol. The van der Waals surface area contributed by atoms with Crippen molar-refractivity contribution in [1.29, 1.82) is 0 Å². The van der Waals surface area contributed by atoms with Crippen molar-refractivity contribution in [2.75, 3.05) is 6.26 Å². The highest BCUT2D eigenvalue weighted by molar-refractivity contribution is 9.10. The first-order chi connectivity index (χ1) is 6.22. The Bertz CT molecular complexity index is 445. The summed E-state index contributed by atoms with van der Waals surface area (Å²) in [5, 5.41) is 3.48. The third-order valence-corrected chi connectivity index (χ3v) is 4.83. The van der Waals surface area contributed by atoms with Crippen molar-refractivity contribution in [3.05, 3.63) is 27.5 Å². The number of benzene rings is 1. The van der Waals surface area contributed by atoms with Gasteiger partial charge in [0.05, 0.1) is 0 Å². The molecule has 0 atom stereocenters. The summed E-state index contributed by atoms with van der Waals surface area (Å²) in [7, 11) is 0. The third kappa shape index (κ3) is 1.65. The van der Waals surface area contributed by atoms with Crippen molar-refractivity contribution in [3.63, 3.8) is 0 Å². The highest BCUT2D eigenvalue weighted by Crippen LogP contribution is 2.34. The van der Waals surface area contributed by atoms with Gasteiger partial charge in [0.15, 0.2) is 0 Å². The van der Waals surface area contributed by atoms with Gasteiger partial charge in [0, 0.05) is 24.8 Å². The Kier molecular flexibility index (Phi) is 2.67. The maximum absolute atomic E-state index is 3.55. The van der Waals surface area contributed by atoms with Gasteiger partial charge >= 0.3 is 0 Å². The fourth-order valence-corrected chi connectivity index (χ4v) is 3.62. The average molecular weight is 273 g/mol. The molecule has 0 amide bonds. The summed E-state index contributed by atoms with van der Waals surface area (Å²) in [5.74, 6) is 0. The summed E-state index contributed by atoms with van der Waals surface area (Å²) in [5.41, 5.74) is 1.36. The molecule has 0 nitrogen and oxygen atoms in total. The molecule has 1 heterocycles. The van der Waals surface area contributed by atoms with E-state index in [0.717, 1.165) is 0 Å². The highest BCUT2D eigenvalue weighted by atomic mass is 79.9. The lowest BCUT2D eigenvalue weighted by Gasteiger charge is -2.02. The zero-order valence-electron chi connectivity index (χ0n) is 7.43. The molecule has 0 fully saturated rings. The Morgan fingerprint density at radius 3 is 2.85 bits per heavy atom. The average Bonchev–Trinajstić information content (AvgIpc) is 2.47. The van der Waals surface area contributed by atoms with Crippen molar-refractivity contribution >= 4 is 49.1 Å². The van der Waals surface area contributed by atoms with Crippen LogP contribution in [0.5, 0.6) is 0 Å². The van der Waals surface area contributed by atoms with Gasteiger partial charge in [-0.1, -0.05) is 0 Å². The van der Waals surface area contributed by atoms with Crippen molar-refractivity contribution in [1.82, 2.24) is 0 Å². The number of hydrogen-bond donors (Lipinski definition) is 0. The molecule has 2 aromatic rings. The fraction of sp³-hybridized carbons (Fsp3) is 0.200. The van der Waals surface area contributed by atoms with E-state index < -0.39 is 0 Å². The zero-order valence-corrected chi connectivity index (χ0v) is 10.6. The van der Waals surface area contributed by atoms with Crippen LogP contribution in [0, 0.1) is 6.92 Å². The quantitative estimate of drug-likeness (QED) is 0.679. The van der Waals surface area contributed by atoms with Crippen LogP contribution in [0.25, 0.3) is 10.1 Å². The Labute approximate surface area is 94.5 Å². The van der Waals surface area contributed by atoms with Gasteiger partial charge in [0.25, 0.3) is 0 Å². The standard InChI is InChI=1S/C10H9BrS2/c1-6-3-7-8(11)5-13-10(7)4-9(6)12-2/h3-5H,1-2H3. The van der Waals surface area contributed by atoms with E-state index in [1.54, 1.807) is 11.3 Å². The summed E-state index contributed by atoms with van der Waals surface area (Å²) >= 11 is 7.15. The van der Waals surface area contributed by atoms with E-state index in [0.29, 0.717) is 0 Å². The van der Waals surface area contributed by atoms with Crippen LogP contribution >= 0.6 is 39.0 Å². The molecule has 0 radical (unpaired) electrons. The molecule has 13 heavy (non-hydrogen) atoms. The van der Waals surface area contributed by atoms with Crippen LogP contribution in [0.1, 0.15) is 5.56 Å². The van der Waals surface area contributed by atoms with Crippen molar-refractivity contribution in [2.24, 2.45) is 0 Å². The Hall–Kier alpha value is 0.01000. The molecular weight excluding hydrogens is 264 g/mol. The molecule has 0 aliphatic carbocycles. The summed E-state index contributed by atoms with van der Waals surface area (Å²) < 4.78 is 2.57. The molecule has 1 aromatic heterocycles. The number of rotatable bonds is 1. The van der Waals surface area contributed by atoms with Crippen LogP contribution in [0.4, 0.5) is 0 Å². The maximum atomic E-state index is 3.55. The van der Waals surface area contributed by atoms with Crippen LogP contribution in [0.3, 0.4) is 0 Å². The van der Waals surface area contributed by atoms with Gasteiger partial charge in [-0.3, -0.25) is 0 Å². The monoisotopic (exact) mass is 272 g/mol. The van der Waals surface area contributed by atoms with E-state index in [1.807, 2.05) is 11.8 Å². The molecule has 0 N–H and O–H groups in total. The zero-order chi connectivity index (χ0) is 9.42. The van der Waals surface area contributed by atoms with Gasteiger partial charge in [-0.05, 0) is 46.8 Å². The first kappa shape index (κ1) is 9.56. The van der Waals surface area contributed by atoms with Gasteiger partial charge in [-0.2, -0.15) is 0 Å². The molecule has 0 saturated carbocycles. The highest BCUT2D eigenvalue weighted by Gasteiger charge is 2.04. The molecule has 0 spiro atoms. The lowest BCUT2D eigenvalue weighted by Crippen LogP contribution is -1.77. The predicted octanol–water partition coefficient (Wildman–Crippen LogP) is 4.69. The number of halogens is 1. The van der Waals surface area contributed by atoms with Crippen molar-refractivity contribution in [2.45, 2.75) is 11.8 Å². The molecule has 0 aliphatic heterocycles. The third-order valence-electron chi connectivity index (χ3n) is 2.04. The number of thioether (sulfide) groups is 1. The van der Waals surface area contributed by atoms with Crippen LogP contribution < -0.4 is 0 Å². The minimum absolute atomic E-state index is 1.21. The van der Waals surface area contributed by atoms with Gasteiger partial charge in [-0.25, -0.2) is 0 Å². The van der Waals surface area contributed by atoms with E-state index in [-0.39, 0.29) is 0 Å². The smallest absolute Gasteiger partial charge is 0.0365 e. The summed E-state index contributed by atoms with van der Waals surface area (Å²) in [6.45, 7) is 2.16. The van der Waals surface area contributed by atoms with Crippen molar-refractivity contribution in [3.8, 4) is 0 Å². The molecule has 3 heteroatoms. The lowest BCUT2D eigenvalue weighted by molar-refractivity contribution is 1.34. The van der Waals surface area contributed by atoms with Crippen LogP contribution in [0.15, 0.2) is 26.9 Å². The molecule has 0 bridgehead atoms. The minimum Gasteiger partial charge on any atom is -0.143 e.